The summed E-state index contributed by atoms with van der Waals surface area (Å²) in [5.74, 6) is -0.385. The minimum atomic E-state index is -4.60. The quantitative estimate of drug-likeness (QED) is 0.502. The van der Waals surface area contributed by atoms with Gasteiger partial charge in [0.15, 0.2) is 5.82 Å². The molecule has 10 heteroatoms. The fourth-order valence-corrected chi connectivity index (χ4v) is 3.34. The predicted molar refractivity (Wildman–Crippen MR) is 113 cm³/mol. The monoisotopic (exact) mass is 440 g/mol. The Kier molecular flexibility index (Phi) is 5.39. The van der Waals surface area contributed by atoms with E-state index in [0.717, 1.165) is 6.07 Å². The topological polar surface area (TPSA) is 98.7 Å². The molecule has 0 aliphatic carbocycles. The smallest absolute Gasteiger partial charge is 0.355 e. The molecule has 1 aromatic carbocycles. The summed E-state index contributed by atoms with van der Waals surface area (Å²) < 4.78 is 40.8. The van der Waals surface area contributed by atoms with Gasteiger partial charge in [-0.1, -0.05) is 12.1 Å². The Morgan fingerprint density at radius 1 is 1.12 bits per heavy atom. The van der Waals surface area contributed by atoms with Crippen molar-refractivity contribution in [3.05, 3.63) is 71.7 Å². The van der Waals surface area contributed by atoms with Gasteiger partial charge in [0.25, 0.3) is 5.91 Å². The molecule has 0 aliphatic heterocycles. The van der Waals surface area contributed by atoms with Crippen molar-refractivity contribution in [2.45, 2.75) is 19.1 Å². The van der Waals surface area contributed by atoms with Gasteiger partial charge in [0.2, 0.25) is 0 Å². The lowest BCUT2D eigenvalue weighted by molar-refractivity contribution is -0.141. The zero-order chi connectivity index (χ0) is 23.0. The molecule has 0 saturated heterocycles. The lowest BCUT2D eigenvalue weighted by Gasteiger charge is -2.11. The number of amides is 1. The summed E-state index contributed by atoms with van der Waals surface area (Å²) in [7, 11) is 1.49. The van der Waals surface area contributed by atoms with Crippen molar-refractivity contribution in [2.75, 3.05) is 7.05 Å². The lowest BCUT2D eigenvalue weighted by Crippen LogP contribution is -2.18. The molecule has 1 amide bonds. The van der Waals surface area contributed by atoms with E-state index in [9.17, 15) is 18.0 Å². The Morgan fingerprint density at radius 3 is 2.56 bits per heavy atom. The Bertz CT molecular complexity index is 1310. The fraction of sp³-hybridized carbons (Fsp3) is 0.182. The number of aromatic nitrogens is 4. The molecule has 0 fully saturated rings. The Morgan fingerprint density at radius 2 is 1.88 bits per heavy atom. The molecule has 0 radical (unpaired) electrons. The summed E-state index contributed by atoms with van der Waals surface area (Å²) in [6.45, 7) is 1.81. The molecule has 4 aromatic rings. The maximum absolute atomic E-state index is 13.2. The molecule has 1 unspecified atom stereocenters. The van der Waals surface area contributed by atoms with Gasteiger partial charge in [-0.2, -0.15) is 18.3 Å². The Hall–Kier alpha value is -3.79. The van der Waals surface area contributed by atoms with Crippen molar-refractivity contribution in [2.24, 2.45) is 5.73 Å². The summed E-state index contributed by atoms with van der Waals surface area (Å²) in [5, 5.41) is 7.26. The van der Waals surface area contributed by atoms with E-state index in [-0.39, 0.29) is 17.8 Å². The van der Waals surface area contributed by atoms with Gasteiger partial charge in [0, 0.05) is 24.0 Å². The average Bonchev–Trinajstić information content (AvgIpc) is 3.21. The van der Waals surface area contributed by atoms with Crippen LogP contribution in [0.2, 0.25) is 0 Å². The second-order valence-corrected chi connectivity index (χ2v) is 7.21. The van der Waals surface area contributed by atoms with E-state index in [1.54, 1.807) is 37.3 Å². The molecule has 3 N–H and O–H groups in total. The van der Waals surface area contributed by atoms with Gasteiger partial charge < -0.3 is 11.1 Å². The Balaban J connectivity index is 1.96. The van der Waals surface area contributed by atoms with Crippen LogP contribution in [-0.4, -0.2) is 32.7 Å². The van der Waals surface area contributed by atoms with Crippen LogP contribution in [0, 0.1) is 0 Å². The molecular formula is C22H19F3N6O. The number of hydrogen-bond donors (Lipinski definition) is 2. The molecule has 7 nitrogen and oxygen atoms in total. The zero-order valence-corrected chi connectivity index (χ0v) is 17.2. The van der Waals surface area contributed by atoms with Crippen molar-refractivity contribution < 1.29 is 18.0 Å². The standard InChI is InChI=1S/C22H19F3N6O/c1-12(26)16-5-3-6-17(29-16)13-9-14(21(32)27-2)15-11-28-31(18(15)10-13)20-8-4-7-19(30-20)22(23,24)25/h3-12H,26H2,1-2H3,(H,27,32). The number of alkyl halides is 3. The number of carbonyl (C=O) groups is 1. The van der Waals surface area contributed by atoms with Crippen molar-refractivity contribution in [3.8, 4) is 17.1 Å². The van der Waals surface area contributed by atoms with Gasteiger partial charge in [-0.15, -0.1) is 0 Å². The van der Waals surface area contributed by atoms with Gasteiger partial charge in [0.1, 0.15) is 5.69 Å². The molecular weight excluding hydrogens is 421 g/mol. The van der Waals surface area contributed by atoms with Crippen molar-refractivity contribution in [3.63, 3.8) is 0 Å². The first kappa shape index (κ1) is 21.4. The number of halogens is 3. The molecule has 3 heterocycles. The minimum Gasteiger partial charge on any atom is -0.355 e. The number of nitrogens with one attached hydrogen (secondary N) is 1. The second-order valence-electron chi connectivity index (χ2n) is 7.21. The van der Waals surface area contributed by atoms with Gasteiger partial charge in [-0.25, -0.2) is 9.67 Å². The van der Waals surface area contributed by atoms with E-state index in [2.05, 4.69) is 20.4 Å². The van der Waals surface area contributed by atoms with E-state index in [0.29, 0.717) is 33.4 Å². The van der Waals surface area contributed by atoms with E-state index >= 15 is 0 Å². The largest absolute Gasteiger partial charge is 0.433 e. The Labute approximate surface area is 181 Å². The van der Waals surface area contributed by atoms with Gasteiger partial charge in [-0.05, 0) is 43.3 Å². The molecule has 32 heavy (non-hydrogen) atoms. The number of hydrogen-bond acceptors (Lipinski definition) is 5. The number of fused-ring (bicyclic) bond motifs is 1. The van der Waals surface area contributed by atoms with Gasteiger partial charge >= 0.3 is 6.18 Å². The first-order chi connectivity index (χ1) is 15.2. The molecule has 4 rings (SSSR count). The summed E-state index contributed by atoms with van der Waals surface area (Å²) in [6, 6.07) is 12.0. The third-order valence-corrected chi connectivity index (χ3v) is 4.94. The first-order valence-electron chi connectivity index (χ1n) is 9.70. The third-order valence-electron chi connectivity index (χ3n) is 4.94. The van der Waals surface area contributed by atoms with Crippen LogP contribution >= 0.6 is 0 Å². The number of pyridine rings is 2. The van der Waals surface area contributed by atoms with Crippen LogP contribution in [0.5, 0.6) is 0 Å². The molecule has 0 bridgehead atoms. The predicted octanol–water partition coefficient (Wildman–Crippen LogP) is 3.88. The number of nitrogens with zero attached hydrogens (tertiary/aromatic N) is 4. The van der Waals surface area contributed by atoms with Crippen LogP contribution in [0.1, 0.15) is 34.7 Å². The SMILES string of the molecule is CNC(=O)c1cc(-c2cccc(C(C)N)n2)cc2c1cnn2-c1cccc(C(F)(F)F)n1. The normalized spacial score (nSPS) is 12.7. The lowest BCUT2D eigenvalue weighted by atomic mass is 10.0. The zero-order valence-electron chi connectivity index (χ0n) is 17.2. The van der Waals surface area contributed by atoms with Gasteiger partial charge in [-0.3, -0.25) is 9.78 Å². The minimum absolute atomic E-state index is 0.0212. The van der Waals surface area contributed by atoms with Crippen LogP contribution in [0.25, 0.3) is 28.0 Å². The summed E-state index contributed by atoms with van der Waals surface area (Å²) in [5.41, 5.74) is 7.46. The number of nitrogens with two attached hydrogens (primary N) is 1. The second kappa shape index (κ2) is 8.04. The average molecular weight is 440 g/mol. The highest BCUT2D eigenvalue weighted by atomic mass is 19.4. The number of benzene rings is 1. The van der Waals surface area contributed by atoms with Crippen LogP contribution in [0.4, 0.5) is 13.2 Å². The van der Waals surface area contributed by atoms with Crippen LogP contribution < -0.4 is 11.1 Å². The van der Waals surface area contributed by atoms with Crippen LogP contribution in [0.3, 0.4) is 0 Å². The molecule has 1 atom stereocenters. The van der Waals surface area contributed by atoms with Crippen molar-refractivity contribution >= 4 is 16.8 Å². The highest BCUT2D eigenvalue weighted by molar-refractivity contribution is 6.08. The van der Waals surface area contributed by atoms with Crippen molar-refractivity contribution in [1.29, 1.82) is 0 Å². The molecule has 164 valence electrons. The summed E-state index contributed by atoms with van der Waals surface area (Å²) in [6.07, 6.45) is -3.17. The molecule has 3 aromatic heterocycles. The fourth-order valence-electron chi connectivity index (χ4n) is 3.34. The van der Waals surface area contributed by atoms with Gasteiger partial charge in [0.05, 0.1) is 28.7 Å². The molecule has 0 saturated carbocycles. The highest BCUT2D eigenvalue weighted by Crippen LogP contribution is 2.31. The van der Waals surface area contributed by atoms with Crippen LogP contribution in [-0.2, 0) is 6.18 Å². The van der Waals surface area contributed by atoms with E-state index in [1.807, 2.05) is 0 Å². The number of carbonyl (C=O) groups excluding carboxylic acids is 1. The maximum Gasteiger partial charge on any atom is 0.433 e. The summed E-state index contributed by atoms with van der Waals surface area (Å²) in [4.78, 5) is 20.8. The first-order valence-corrected chi connectivity index (χ1v) is 9.70. The third kappa shape index (κ3) is 3.92. The van der Waals surface area contributed by atoms with E-state index in [1.165, 1.54) is 30.1 Å². The summed E-state index contributed by atoms with van der Waals surface area (Å²) >= 11 is 0. The molecule has 0 aliphatic rings. The molecule has 0 spiro atoms. The number of rotatable bonds is 4. The highest BCUT2D eigenvalue weighted by Gasteiger charge is 2.32. The van der Waals surface area contributed by atoms with Crippen LogP contribution in [0.15, 0.2) is 54.7 Å². The van der Waals surface area contributed by atoms with Crippen molar-refractivity contribution in [1.82, 2.24) is 25.1 Å². The van der Waals surface area contributed by atoms with E-state index in [4.69, 9.17) is 5.73 Å². The van der Waals surface area contributed by atoms with E-state index < -0.39 is 11.9 Å². The maximum atomic E-state index is 13.2.